The summed E-state index contributed by atoms with van der Waals surface area (Å²) < 4.78 is 5.69. The summed E-state index contributed by atoms with van der Waals surface area (Å²) in [7, 11) is 1.76. The van der Waals surface area contributed by atoms with Crippen molar-refractivity contribution in [2.45, 2.75) is 52.4 Å². The molecule has 18 heavy (non-hydrogen) atoms. The summed E-state index contributed by atoms with van der Waals surface area (Å²) in [6.45, 7) is 11.6. The fourth-order valence-corrected chi connectivity index (χ4v) is 2.40. The predicted molar refractivity (Wildman–Crippen MR) is 78.5 cm³/mol. The lowest BCUT2D eigenvalue weighted by atomic mass is 9.81. The van der Waals surface area contributed by atoms with E-state index < -0.39 is 0 Å². The summed E-state index contributed by atoms with van der Waals surface area (Å²) in [6, 6.07) is 4.45. The zero-order chi connectivity index (χ0) is 13.9. The van der Waals surface area contributed by atoms with Crippen molar-refractivity contribution < 1.29 is 4.74 Å². The maximum Gasteiger partial charge on any atom is 0.126 e. The van der Waals surface area contributed by atoms with Crippen LogP contribution in [0.1, 0.15) is 56.7 Å². The van der Waals surface area contributed by atoms with E-state index in [1.165, 1.54) is 16.7 Å². The predicted octanol–water partition coefficient (Wildman–Crippen LogP) is 3.75. The summed E-state index contributed by atoms with van der Waals surface area (Å²) >= 11 is 0. The molecule has 0 fully saturated rings. The molecule has 0 aliphatic heterocycles. The van der Waals surface area contributed by atoms with Crippen LogP contribution in [0.4, 0.5) is 0 Å². The van der Waals surface area contributed by atoms with Gasteiger partial charge >= 0.3 is 0 Å². The van der Waals surface area contributed by atoms with Gasteiger partial charge in [0, 0.05) is 5.56 Å². The first kappa shape index (κ1) is 15.0. The molecule has 0 radical (unpaired) electrons. The molecular weight excluding hydrogens is 222 g/mol. The number of aryl methyl sites for hydroxylation is 1. The quantitative estimate of drug-likeness (QED) is 0.882. The van der Waals surface area contributed by atoms with Crippen LogP contribution in [0.25, 0.3) is 0 Å². The Balaban J connectivity index is 3.47. The van der Waals surface area contributed by atoms with Crippen molar-refractivity contribution in [1.29, 1.82) is 0 Å². The molecule has 1 aromatic carbocycles. The third-order valence-electron chi connectivity index (χ3n) is 3.49. The van der Waals surface area contributed by atoms with Gasteiger partial charge in [0.1, 0.15) is 5.75 Å². The number of nitrogens with two attached hydrogens (primary N) is 1. The first-order chi connectivity index (χ1) is 8.35. The van der Waals surface area contributed by atoms with Crippen molar-refractivity contribution in [3.05, 3.63) is 28.8 Å². The number of hydrogen-bond donors (Lipinski definition) is 1. The van der Waals surface area contributed by atoms with Crippen molar-refractivity contribution in [2.24, 2.45) is 5.73 Å². The lowest BCUT2D eigenvalue weighted by molar-refractivity contribution is 0.388. The van der Waals surface area contributed by atoms with Crippen LogP contribution >= 0.6 is 0 Å². The van der Waals surface area contributed by atoms with Crippen molar-refractivity contribution in [3.8, 4) is 5.75 Å². The van der Waals surface area contributed by atoms with Crippen molar-refractivity contribution in [3.63, 3.8) is 0 Å². The zero-order valence-electron chi connectivity index (χ0n) is 12.6. The van der Waals surface area contributed by atoms with Crippen LogP contribution in [0.15, 0.2) is 12.1 Å². The van der Waals surface area contributed by atoms with Crippen LogP contribution in [0.3, 0.4) is 0 Å². The van der Waals surface area contributed by atoms with Crippen LogP contribution in [-0.2, 0) is 5.41 Å². The van der Waals surface area contributed by atoms with Crippen molar-refractivity contribution in [2.75, 3.05) is 13.7 Å². The number of benzene rings is 1. The number of rotatable bonds is 4. The molecule has 1 unspecified atom stereocenters. The van der Waals surface area contributed by atoms with Gasteiger partial charge in [-0.15, -0.1) is 0 Å². The molecule has 0 heterocycles. The van der Waals surface area contributed by atoms with Gasteiger partial charge in [-0.1, -0.05) is 45.4 Å². The van der Waals surface area contributed by atoms with E-state index in [1.54, 1.807) is 7.11 Å². The number of ether oxygens (including phenoxy) is 1. The minimum absolute atomic E-state index is 0.0823. The third-order valence-corrected chi connectivity index (χ3v) is 3.49. The van der Waals surface area contributed by atoms with Crippen LogP contribution in [0.2, 0.25) is 0 Å². The normalized spacial score (nSPS) is 13.5. The Kier molecular flexibility index (Phi) is 4.80. The highest BCUT2D eigenvalue weighted by Crippen LogP contribution is 2.38. The van der Waals surface area contributed by atoms with E-state index in [-0.39, 0.29) is 5.41 Å². The molecule has 0 saturated heterocycles. The monoisotopic (exact) mass is 249 g/mol. The Morgan fingerprint density at radius 1 is 1.28 bits per heavy atom. The van der Waals surface area contributed by atoms with E-state index in [1.807, 2.05) is 0 Å². The Labute approximate surface area is 112 Å². The second kappa shape index (κ2) is 5.75. The lowest BCUT2D eigenvalue weighted by Gasteiger charge is -2.27. The maximum absolute atomic E-state index is 5.89. The van der Waals surface area contributed by atoms with Crippen LogP contribution in [0, 0.1) is 6.92 Å². The fourth-order valence-electron chi connectivity index (χ4n) is 2.40. The van der Waals surface area contributed by atoms with Crippen LogP contribution < -0.4 is 10.5 Å². The van der Waals surface area contributed by atoms with Gasteiger partial charge in [-0.25, -0.2) is 0 Å². The summed E-state index contributed by atoms with van der Waals surface area (Å²) in [4.78, 5) is 0. The van der Waals surface area contributed by atoms with Crippen molar-refractivity contribution in [1.82, 2.24) is 0 Å². The van der Waals surface area contributed by atoms with Gasteiger partial charge < -0.3 is 10.5 Å². The minimum atomic E-state index is 0.0823. The van der Waals surface area contributed by atoms with Gasteiger partial charge in [0.05, 0.1) is 7.11 Å². The molecule has 0 aliphatic rings. The number of methoxy groups -OCH3 is 1. The summed E-state index contributed by atoms with van der Waals surface area (Å²) in [6.07, 6.45) is 1.04. The third kappa shape index (κ3) is 3.05. The van der Waals surface area contributed by atoms with Crippen LogP contribution in [0.5, 0.6) is 5.75 Å². The van der Waals surface area contributed by atoms with E-state index in [0.717, 1.165) is 12.2 Å². The molecular formula is C16H27NO. The SMILES string of the molecule is CCC(CN)c1cc(C)cc(C(C)(C)C)c1OC. The van der Waals surface area contributed by atoms with Crippen LogP contribution in [-0.4, -0.2) is 13.7 Å². The molecule has 2 heteroatoms. The van der Waals surface area contributed by atoms with E-state index in [9.17, 15) is 0 Å². The molecule has 1 aromatic rings. The highest BCUT2D eigenvalue weighted by Gasteiger charge is 2.24. The molecule has 0 aromatic heterocycles. The van der Waals surface area contributed by atoms with Gasteiger partial charge in [-0.3, -0.25) is 0 Å². The second-order valence-electron chi connectivity index (χ2n) is 6.03. The smallest absolute Gasteiger partial charge is 0.126 e. The summed E-state index contributed by atoms with van der Waals surface area (Å²) in [5, 5.41) is 0. The van der Waals surface area contributed by atoms with Gasteiger partial charge in [0.25, 0.3) is 0 Å². The first-order valence-electron chi connectivity index (χ1n) is 6.74. The molecule has 1 rings (SSSR count). The minimum Gasteiger partial charge on any atom is -0.496 e. The molecule has 102 valence electrons. The van der Waals surface area contributed by atoms with E-state index in [2.05, 4.69) is 46.8 Å². The fraction of sp³-hybridized carbons (Fsp3) is 0.625. The topological polar surface area (TPSA) is 35.2 Å². The molecule has 0 amide bonds. The Hall–Kier alpha value is -1.02. The average Bonchev–Trinajstić information content (AvgIpc) is 2.29. The van der Waals surface area contributed by atoms with Gasteiger partial charge in [-0.2, -0.15) is 0 Å². The van der Waals surface area contributed by atoms with Gasteiger partial charge in [-0.05, 0) is 36.8 Å². The van der Waals surface area contributed by atoms with Gasteiger partial charge in [0.2, 0.25) is 0 Å². The molecule has 0 spiro atoms. The Morgan fingerprint density at radius 2 is 1.89 bits per heavy atom. The van der Waals surface area contributed by atoms with E-state index in [0.29, 0.717) is 12.5 Å². The molecule has 0 aliphatic carbocycles. The maximum atomic E-state index is 5.89. The summed E-state index contributed by atoms with van der Waals surface area (Å²) in [5.41, 5.74) is 9.78. The molecule has 0 bridgehead atoms. The van der Waals surface area contributed by atoms with E-state index in [4.69, 9.17) is 10.5 Å². The molecule has 2 nitrogen and oxygen atoms in total. The first-order valence-corrected chi connectivity index (χ1v) is 6.74. The zero-order valence-corrected chi connectivity index (χ0v) is 12.6. The largest absolute Gasteiger partial charge is 0.496 e. The molecule has 0 saturated carbocycles. The summed E-state index contributed by atoms with van der Waals surface area (Å²) in [5.74, 6) is 1.39. The lowest BCUT2D eigenvalue weighted by Crippen LogP contribution is -2.18. The Morgan fingerprint density at radius 3 is 2.28 bits per heavy atom. The van der Waals surface area contributed by atoms with Crippen molar-refractivity contribution >= 4 is 0 Å². The highest BCUT2D eigenvalue weighted by molar-refractivity contribution is 5.49. The molecule has 2 N–H and O–H groups in total. The molecule has 1 atom stereocenters. The standard InChI is InChI=1S/C16H27NO/c1-7-12(10-17)13-8-11(2)9-14(15(13)18-6)16(3,4)5/h8-9,12H,7,10,17H2,1-6H3. The Bertz CT molecular complexity index is 400. The second-order valence-corrected chi connectivity index (χ2v) is 6.03. The van der Waals surface area contributed by atoms with E-state index >= 15 is 0 Å². The highest BCUT2D eigenvalue weighted by atomic mass is 16.5. The number of hydrogen-bond acceptors (Lipinski definition) is 2. The average molecular weight is 249 g/mol. The van der Waals surface area contributed by atoms with Gasteiger partial charge in [0.15, 0.2) is 0 Å².